The highest BCUT2D eigenvalue weighted by Crippen LogP contribution is 2.68. The molecule has 4 rings (SSSR count). The molecule has 1 N–H and O–H groups in total. The summed E-state index contributed by atoms with van der Waals surface area (Å²) in [5.74, 6) is 4.60. The Morgan fingerprint density at radius 3 is 2.48 bits per heavy atom. The highest BCUT2D eigenvalue weighted by molar-refractivity contribution is 5.69. The van der Waals surface area contributed by atoms with Crippen LogP contribution in [0.15, 0.2) is 0 Å². The van der Waals surface area contributed by atoms with Gasteiger partial charge in [0.2, 0.25) is 0 Å². The minimum absolute atomic E-state index is 0.0755. The van der Waals surface area contributed by atoms with Gasteiger partial charge in [-0.05, 0) is 104 Å². The van der Waals surface area contributed by atoms with Crippen LogP contribution in [0.1, 0.15) is 91.9 Å². The minimum atomic E-state index is -0.0999. The van der Waals surface area contributed by atoms with E-state index in [1.54, 1.807) is 0 Å². The topological polar surface area (TPSA) is 46.5 Å². The van der Waals surface area contributed by atoms with Gasteiger partial charge in [-0.25, -0.2) is 0 Å². The number of hydrogen-bond acceptors (Lipinski definition) is 3. The number of aliphatic hydroxyl groups excluding tert-OH is 1. The van der Waals surface area contributed by atoms with Crippen LogP contribution < -0.4 is 0 Å². The average Bonchev–Trinajstić information content (AvgIpc) is 3.04. The van der Waals surface area contributed by atoms with E-state index >= 15 is 0 Å². The molecule has 4 saturated carbocycles. The maximum atomic E-state index is 11.7. The summed E-state index contributed by atoms with van der Waals surface area (Å²) in [5.41, 5.74) is 0.787. The lowest BCUT2D eigenvalue weighted by Gasteiger charge is -2.62. The molecule has 0 aromatic rings. The molecule has 0 heterocycles. The van der Waals surface area contributed by atoms with Gasteiger partial charge in [-0.1, -0.05) is 34.1 Å². The van der Waals surface area contributed by atoms with Gasteiger partial charge < -0.3 is 9.84 Å². The summed E-state index contributed by atoms with van der Waals surface area (Å²) >= 11 is 0. The van der Waals surface area contributed by atoms with Gasteiger partial charge in [0, 0.05) is 6.42 Å². The first-order valence-corrected chi connectivity index (χ1v) is 12.5. The summed E-state index contributed by atoms with van der Waals surface area (Å²) in [6, 6.07) is 0. The van der Waals surface area contributed by atoms with E-state index in [4.69, 9.17) is 4.74 Å². The molecule has 0 aromatic heterocycles. The van der Waals surface area contributed by atoms with Crippen molar-refractivity contribution in [3.8, 4) is 0 Å². The molecule has 10 atom stereocenters. The van der Waals surface area contributed by atoms with Gasteiger partial charge in [-0.15, -0.1) is 0 Å². The van der Waals surface area contributed by atoms with Crippen LogP contribution in [0.4, 0.5) is 0 Å². The molecule has 3 nitrogen and oxygen atoms in total. The van der Waals surface area contributed by atoms with Gasteiger partial charge in [-0.3, -0.25) is 4.79 Å². The highest BCUT2D eigenvalue weighted by atomic mass is 16.5. The van der Waals surface area contributed by atoms with Crippen molar-refractivity contribution in [3.05, 3.63) is 0 Å². The fourth-order valence-corrected chi connectivity index (χ4v) is 9.06. The van der Waals surface area contributed by atoms with Crippen LogP contribution in [-0.4, -0.2) is 24.3 Å². The first kappa shape index (κ1) is 21.7. The Kier molecular flexibility index (Phi) is 5.86. The summed E-state index contributed by atoms with van der Waals surface area (Å²) in [6.45, 7) is 9.88. The van der Waals surface area contributed by atoms with E-state index in [1.807, 2.05) is 0 Å². The number of carbonyl (C=O) groups excluding carboxylic acids is 1. The summed E-state index contributed by atoms with van der Waals surface area (Å²) in [6.07, 6.45) is 11.7. The van der Waals surface area contributed by atoms with Crippen LogP contribution in [0.2, 0.25) is 0 Å². The zero-order valence-corrected chi connectivity index (χ0v) is 19.5. The van der Waals surface area contributed by atoms with Gasteiger partial charge in [-0.2, -0.15) is 0 Å². The van der Waals surface area contributed by atoms with Crippen molar-refractivity contribution in [3.63, 3.8) is 0 Å². The second kappa shape index (κ2) is 7.84. The average molecular weight is 405 g/mol. The van der Waals surface area contributed by atoms with Crippen molar-refractivity contribution < 1.29 is 14.6 Å². The molecule has 0 bridgehead atoms. The molecule has 0 radical (unpaired) electrons. The van der Waals surface area contributed by atoms with Crippen LogP contribution in [0.25, 0.3) is 0 Å². The monoisotopic (exact) mass is 404 g/mol. The minimum Gasteiger partial charge on any atom is -0.469 e. The molecule has 0 aliphatic heterocycles. The van der Waals surface area contributed by atoms with Gasteiger partial charge in [0.25, 0.3) is 0 Å². The largest absolute Gasteiger partial charge is 0.469 e. The van der Waals surface area contributed by atoms with E-state index in [0.29, 0.717) is 46.8 Å². The maximum absolute atomic E-state index is 11.7. The van der Waals surface area contributed by atoms with E-state index in [9.17, 15) is 9.90 Å². The second-order valence-electron chi connectivity index (χ2n) is 12.0. The van der Waals surface area contributed by atoms with Crippen LogP contribution in [-0.2, 0) is 9.53 Å². The van der Waals surface area contributed by atoms with Crippen molar-refractivity contribution in [2.24, 2.45) is 52.3 Å². The molecule has 4 aliphatic rings. The lowest BCUT2D eigenvalue weighted by Crippen LogP contribution is -2.58. The second-order valence-corrected chi connectivity index (χ2v) is 12.0. The van der Waals surface area contributed by atoms with Crippen molar-refractivity contribution in [2.45, 2.75) is 98.0 Å². The Hall–Kier alpha value is -0.570. The molecule has 3 heteroatoms. The molecule has 166 valence electrons. The summed E-state index contributed by atoms with van der Waals surface area (Å²) in [7, 11) is 1.49. The lowest BCUT2D eigenvalue weighted by molar-refractivity contribution is -0.168. The molecule has 4 fully saturated rings. The van der Waals surface area contributed by atoms with Crippen molar-refractivity contribution in [1.29, 1.82) is 0 Å². The molecule has 4 unspecified atom stereocenters. The zero-order valence-electron chi connectivity index (χ0n) is 19.5. The normalized spacial score (nSPS) is 50.2. The van der Waals surface area contributed by atoms with Crippen LogP contribution in [0.3, 0.4) is 0 Å². The lowest BCUT2D eigenvalue weighted by atomic mass is 9.43. The molecule has 29 heavy (non-hydrogen) atoms. The standard InChI is InChI=1S/C26H44O3/c1-16-10-12-25(3)18(14-16)15-22(27)24-20-8-7-19(17(2)6-9-23(28)29-5)26(20,4)13-11-21(24)25/h16-22,24,27H,6-15H2,1-5H3/t16-,17-,18+,19-,20?,21?,22?,24?,25+,26-/m1/s1. The number of methoxy groups -OCH3 is 1. The van der Waals surface area contributed by atoms with E-state index in [0.717, 1.165) is 24.7 Å². The predicted molar refractivity (Wildman–Crippen MR) is 116 cm³/mol. The summed E-state index contributed by atoms with van der Waals surface area (Å²) in [4.78, 5) is 11.7. The first-order valence-electron chi connectivity index (χ1n) is 12.5. The highest BCUT2D eigenvalue weighted by Gasteiger charge is 2.62. The molecule has 0 amide bonds. The van der Waals surface area contributed by atoms with Crippen molar-refractivity contribution >= 4 is 5.97 Å². The maximum Gasteiger partial charge on any atom is 0.305 e. The van der Waals surface area contributed by atoms with Crippen molar-refractivity contribution in [2.75, 3.05) is 7.11 Å². The third-order valence-corrected chi connectivity index (χ3v) is 10.7. The van der Waals surface area contributed by atoms with E-state index in [-0.39, 0.29) is 12.1 Å². The zero-order chi connectivity index (χ0) is 21.0. The molecule has 0 aromatic carbocycles. The number of hydrogen-bond donors (Lipinski definition) is 1. The Balaban J connectivity index is 1.53. The molecular weight excluding hydrogens is 360 g/mol. The van der Waals surface area contributed by atoms with Crippen LogP contribution >= 0.6 is 0 Å². The van der Waals surface area contributed by atoms with Gasteiger partial charge in [0.1, 0.15) is 0 Å². The number of esters is 1. The fraction of sp³-hybridized carbons (Fsp3) is 0.962. The Labute approximate surface area is 178 Å². The van der Waals surface area contributed by atoms with Crippen molar-refractivity contribution in [1.82, 2.24) is 0 Å². The fourth-order valence-electron chi connectivity index (χ4n) is 9.06. The first-order chi connectivity index (χ1) is 13.7. The van der Waals surface area contributed by atoms with Gasteiger partial charge in [0.15, 0.2) is 0 Å². The molecule has 4 aliphatic carbocycles. The third kappa shape index (κ3) is 3.48. The molecular formula is C26H44O3. The Bertz CT molecular complexity index is 617. The summed E-state index contributed by atoms with van der Waals surface area (Å²) in [5, 5.41) is 11.4. The van der Waals surface area contributed by atoms with Crippen LogP contribution in [0, 0.1) is 52.3 Å². The third-order valence-electron chi connectivity index (χ3n) is 10.7. The number of aliphatic hydroxyl groups is 1. The van der Waals surface area contributed by atoms with E-state index < -0.39 is 0 Å². The summed E-state index contributed by atoms with van der Waals surface area (Å²) < 4.78 is 4.88. The quantitative estimate of drug-likeness (QED) is 0.599. The van der Waals surface area contributed by atoms with E-state index in [2.05, 4.69) is 27.7 Å². The smallest absolute Gasteiger partial charge is 0.305 e. The molecule has 0 saturated heterocycles. The van der Waals surface area contributed by atoms with Gasteiger partial charge in [0.05, 0.1) is 13.2 Å². The number of ether oxygens (including phenoxy) is 1. The van der Waals surface area contributed by atoms with E-state index in [1.165, 1.54) is 52.1 Å². The van der Waals surface area contributed by atoms with Crippen LogP contribution in [0.5, 0.6) is 0 Å². The Morgan fingerprint density at radius 1 is 1.07 bits per heavy atom. The number of carbonyl (C=O) groups is 1. The molecule has 0 spiro atoms. The number of rotatable bonds is 4. The predicted octanol–water partition coefficient (Wildman–Crippen LogP) is 5.84. The van der Waals surface area contributed by atoms with Gasteiger partial charge >= 0.3 is 5.97 Å². The number of fused-ring (bicyclic) bond motifs is 5. The Morgan fingerprint density at radius 2 is 1.76 bits per heavy atom. The SMILES string of the molecule is COC(=O)CC[C@@H](C)[C@H]1CCC2C3C(O)C[C@@H]4C[C@H](C)CC[C@]4(C)C3CC[C@@]21C.